The van der Waals surface area contributed by atoms with E-state index in [0.29, 0.717) is 23.5 Å². The number of carbonyl (C=O) groups excluding carboxylic acids is 1. The van der Waals surface area contributed by atoms with Gasteiger partial charge in [0, 0.05) is 17.1 Å². The van der Waals surface area contributed by atoms with E-state index in [2.05, 4.69) is 31.1 Å². The molecule has 0 aliphatic carbocycles. The standard InChI is InChI=1S/C27H24N8O4S2/c1-4-22(40-26-20(14-29)23(21-6-5-11-39-21)19(13-28)24(30)34-26)25(36)33-17-7-9-18(10-8-17)41(37,38)35-27-31-15(2)12-16(3)32-27/h5-12,22H,4H2,1-3H3,(H2,30,34)(H,33,36)(H,31,32,35). The third kappa shape index (κ3) is 6.46. The number of amides is 1. The van der Waals surface area contributed by atoms with Gasteiger partial charge in [-0.15, -0.1) is 0 Å². The van der Waals surface area contributed by atoms with Crippen LogP contribution in [0.25, 0.3) is 11.3 Å². The number of aryl methyl sites for hydroxylation is 2. The molecule has 1 amide bonds. The molecule has 208 valence electrons. The SMILES string of the molecule is CCC(Sc1nc(N)c(C#N)c(-c2ccco2)c1C#N)C(=O)Nc1ccc(S(=O)(=O)Nc2nc(C)cc(C)n2)cc1. The van der Waals surface area contributed by atoms with Crippen LogP contribution in [0.15, 0.2) is 63.1 Å². The monoisotopic (exact) mass is 588 g/mol. The van der Waals surface area contributed by atoms with Gasteiger partial charge in [-0.25, -0.2) is 28.1 Å². The van der Waals surface area contributed by atoms with Crippen molar-refractivity contribution in [1.82, 2.24) is 15.0 Å². The second-order valence-electron chi connectivity index (χ2n) is 8.74. The molecular formula is C27H24N8O4S2. The van der Waals surface area contributed by atoms with Gasteiger partial charge < -0.3 is 15.5 Å². The van der Waals surface area contributed by atoms with Gasteiger partial charge in [0.2, 0.25) is 11.9 Å². The Kier molecular flexibility index (Phi) is 8.56. The van der Waals surface area contributed by atoms with Crippen LogP contribution in [-0.2, 0) is 14.8 Å². The summed E-state index contributed by atoms with van der Waals surface area (Å²) in [6.07, 6.45) is 1.78. The van der Waals surface area contributed by atoms with E-state index in [4.69, 9.17) is 10.2 Å². The van der Waals surface area contributed by atoms with Crippen LogP contribution in [0.1, 0.15) is 35.9 Å². The van der Waals surface area contributed by atoms with Crippen LogP contribution in [0.2, 0.25) is 0 Å². The van der Waals surface area contributed by atoms with Crippen LogP contribution >= 0.6 is 11.8 Å². The number of nitriles is 2. The Hall–Kier alpha value is -4.92. The quantitative estimate of drug-likeness (QED) is 0.234. The first kappa shape index (κ1) is 29.1. The number of thioether (sulfide) groups is 1. The van der Waals surface area contributed by atoms with Crippen molar-refractivity contribution in [1.29, 1.82) is 10.5 Å². The first-order chi connectivity index (χ1) is 19.6. The number of nitrogen functional groups attached to an aromatic ring is 1. The Morgan fingerprint density at radius 3 is 2.29 bits per heavy atom. The predicted molar refractivity (Wildman–Crippen MR) is 153 cm³/mol. The van der Waals surface area contributed by atoms with E-state index in [9.17, 15) is 23.7 Å². The summed E-state index contributed by atoms with van der Waals surface area (Å²) in [5.41, 5.74) is 7.91. The molecule has 14 heteroatoms. The highest BCUT2D eigenvalue weighted by Crippen LogP contribution is 2.38. The van der Waals surface area contributed by atoms with Crippen LogP contribution in [0, 0.1) is 36.5 Å². The van der Waals surface area contributed by atoms with Gasteiger partial charge in [0.05, 0.1) is 27.5 Å². The summed E-state index contributed by atoms with van der Waals surface area (Å²) in [5.74, 6) is -0.248. The largest absolute Gasteiger partial charge is 0.464 e. The normalized spacial score (nSPS) is 11.7. The second kappa shape index (κ2) is 12.1. The molecule has 3 aromatic heterocycles. The molecule has 0 radical (unpaired) electrons. The third-order valence-corrected chi connectivity index (χ3v) is 8.44. The maximum Gasteiger partial charge on any atom is 0.264 e. The van der Waals surface area contributed by atoms with Crippen LogP contribution in [0.3, 0.4) is 0 Å². The van der Waals surface area contributed by atoms with E-state index in [1.54, 1.807) is 39.0 Å². The maximum absolute atomic E-state index is 13.2. The van der Waals surface area contributed by atoms with Crippen molar-refractivity contribution in [2.75, 3.05) is 15.8 Å². The van der Waals surface area contributed by atoms with E-state index in [0.717, 1.165) is 11.8 Å². The fourth-order valence-electron chi connectivity index (χ4n) is 3.90. The molecule has 0 spiro atoms. The van der Waals surface area contributed by atoms with Gasteiger partial charge in [-0.3, -0.25) is 4.79 Å². The number of hydrogen-bond donors (Lipinski definition) is 3. The van der Waals surface area contributed by atoms with Crippen molar-refractivity contribution in [3.05, 3.63) is 71.2 Å². The first-order valence-electron chi connectivity index (χ1n) is 12.2. The van der Waals surface area contributed by atoms with Crippen molar-refractivity contribution in [3.8, 4) is 23.5 Å². The number of furan rings is 1. The van der Waals surface area contributed by atoms with Crippen molar-refractivity contribution < 1.29 is 17.6 Å². The van der Waals surface area contributed by atoms with Crippen LogP contribution in [0.5, 0.6) is 0 Å². The van der Waals surface area contributed by atoms with E-state index >= 15 is 0 Å². The number of aromatic nitrogens is 3. The number of hydrogen-bond acceptors (Lipinski definition) is 11. The summed E-state index contributed by atoms with van der Waals surface area (Å²) in [6.45, 7) is 5.26. The lowest BCUT2D eigenvalue weighted by atomic mass is 10.0. The van der Waals surface area contributed by atoms with Crippen LogP contribution in [0.4, 0.5) is 17.5 Å². The maximum atomic E-state index is 13.2. The van der Waals surface area contributed by atoms with E-state index in [1.807, 2.05) is 6.07 Å². The molecule has 0 fully saturated rings. The Bertz CT molecular complexity index is 1770. The fraction of sp³-hybridized carbons (Fsp3) is 0.185. The molecule has 1 atom stereocenters. The molecule has 12 nitrogen and oxygen atoms in total. The minimum absolute atomic E-state index is 0.00646. The van der Waals surface area contributed by atoms with Gasteiger partial charge in [-0.2, -0.15) is 10.5 Å². The van der Waals surface area contributed by atoms with Crippen molar-refractivity contribution in [3.63, 3.8) is 0 Å². The average Bonchev–Trinajstić information content (AvgIpc) is 3.45. The van der Waals surface area contributed by atoms with Gasteiger partial charge in [0.1, 0.15) is 34.3 Å². The topological polar surface area (TPSA) is 201 Å². The third-order valence-electron chi connectivity index (χ3n) is 5.74. The van der Waals surface area contributed by atoms with Gasteiger partial charge >= 0.3 is 0 Å². The Balaban J connectivity index is 1.53. The second-order valence-corrected chi connectivity index (χ2v) is 11.6. The Morgan fingerprint density at radius 1 is 1.07 bits per heavy atom. The molecule has 0 aliphatic rings. The molecule has 0 bridgehead atoms. The van der Waals surface area contributed by atoms with E-state index < -0.39 is 21.2 Å². The minimum Gasteiger partial charge on any atom is -0.464 e. The summed E-state index contributed by atoms with van der Waals surface area (Å²) in [7, 11) is -3.97. The zero-order valence-corrected chi connectivity index (χ0v) is 23.8. The zero-order chi connectivity index (χ0) is 29.7. The summed E-state index contributed by atoms with van der Waals surface area (Å²) >= 11 is 1.03. The van der Waals surface area contributed by atoms with Gasteiger partial charge in [0.25, 0.3) is 10.0 Å². The van der Waals surface area contributed by atoms with Gasteiger partial charge in [-0.1, -0.05) is 18.7 Å². The highest BCUT2D eigenvalue weighted by atomic mass is 32.2. The van der Waals surface area contributed by atoms with E-state index in [-0.39, 0.29) is 44.1 Å². The molecule has 0 saturated heterocycles. The number of sulfonamides is 1. The van der Waals surface area contributed by atoms with Gasteiger partial charge in [-0.05, 0) is 62.7 Å². The molecule has 41 heavy (non-hydrogen) atoms. The first-order valence-corrected chi connectivity index (χ1v) is 14.5. The number of carbonyl (C=O) groups is 1. The molecule has 1 aromatic carbocycles. The zero-order valence-electron chi connectivity index (χ0n) is 22.2. The number of anilines is 3. The lowest BCUT2D eigenvalue weighted by Gasteiger charge is -2.17. The van der Waals surface area contributed by atoms with Gasteiger partial charge in [0.15, 0.2) is 0 Å². The van der Waals surface area contributed by atoms with Crippen LogP contribution in [-0.4, -0.2) is 34.5 Å². The molecular weight excluding hydrogens is 564 g/mol. The highest BCUT2D eigenvalue weighted by Gasteiger charge is 2.26. The number of nitrogens with one attached hydrogen (secondary N) is 2. The van der Waals surface area contributed by atoms with E-state index in [1.165, 1.54) is 30.5 Å². The smallest absolute Gasteiger partial charge is 0.264 e. The summed E-state index contributed by atoms with van der Waals surface area (Å²) in [6, 6.07) is 14.6. The Labute approximate surface area is 240 Å². The van der Waals surface area contributed by atoms with Crippen LogP contribution < -0.4 is 15.8 Å². The molecule has 0 aliphatic heterocycles. The highest BCUT2D eigenvalue weighted by molar-refractivity contribution is 8.00. The van der Waals surface area contributed by atoms with Crippen molar-refractivity contribution >= 4 is 45.1 Å². The molecule has 1 unspecified atom stereocenters. The molecule has 0 saturated carbocycles. The molecule has 4 rings (SSSR count). The fourth-order valence-corrected chi connectivity index (χ4v) is 5.86. The average molecular weight is 589 g/mol. The molecule has 4 aromatic rings. The number of nitrogens with two attached hydrogens (primary N) is 1. The minimum atomic E-state index is -3.97. The predicted octanol–water partition coefficient (Wildman–Crippen LogP) is 4.38. The number of pyridine rings is 1. The number of benzene rings is 1. The number of nitrogens with zero attached hydrogens (tertiary/aromatic N) is 5. The summed E-state index contributed by atoms with van der Waals surface area (Å²) < 4.78 is 33.4. The summed E-state index contributed by atoms with van der Waals surface area (Å²) in [5, 5.41) is 21.8. The Morgan fingerprint density at radius 2 is 1.73 bits per heavy atom. The molecule has 3 heterocycles. The van der Waals surface area contributed by atoms with Crippen molar-refractivity contribution in [2.24, 2.45) is 0 Å². The number of rotatable bonds is 9. The lowest BCUT2D eigenvalue weighted by molar-refractivity contribution is -0.115. The summed E-state index contributed by atoms with van der Waals surface area (Å²) in [4.78, 5) is 25.6. The molecule has 4 N–H and O–H groups in total. The van der Waals surface area contributed by atoms with Crippen molar-refractivity contribution in [2.45, 2.75) is 42.4 Å². The lowest BCUT2D eigenvalue weighted by Crippen LogP contribution is -2.25.